The third kappa shape index (κ3) is 2.76. The Morgan fingerprint density at radius 3 is 2.84 bits per heavy atom. The van der Waals surface area contributed by atoms with Gasteiger partial charge >= 0.3 is 0 Å². The molecule has 2 amide bonds. The fraction of sp³-hybridized carbons (Fsp3) is 0.857. The van der Waals surface area contributed by atoms with Gasteiger partial charge in [-0.15, -0.1) is 0 Å². The summed E-state index contributed by atoms with van der Waals surface area (Å²) in [6.45, 7) is 4.51. The Balaban J connectivity index is 1.57. The maximum absolute atomic E-state index is 12.5. The fourth-order valence-electron chi connectivity index (χ4n) is 3.56. The molecule has 3 heterocycles. The first-order chi connectivity index (χ1) is 9.24. The molecule has 106 valence electrons. The zero-order valence-corrected chi connectivity index (χ0v) is 11.4. The van der Waals surface area contributed by atoms with Crippen molar-refractivity contribution in [3.05, 3.63) is 0 Å². The van der Waals surface area contributed by atoms with Crippen LogP contribution in [0, 0.1) is 5.92 Å². The van der Waals surface area contributed by atoms with Crippen molar-refractivity contribution in [2.24, 2.45) is 5.92 Å². The predicted molar refractivity (Wildman–Crippen MR) is 71.5 cm³/mol. The van der Waals surface area contributed by atoms with E-state index in [9.17, 15) is 9.59 Å². The molecule has 0 aromatic rings. The molecule has 0 aromatic heterocycles. The molecule has 0 bridgehead atoms. The largest absolute Gasteiger partial charge is 0.355 e. The molecule has 0 radical (unpaired) electrons. The van der Waals surface area contributed by atoms with Gasteiger partial charge in [-0.3, -0.25) is 14.5 Å². The Labute approximate surface area is 114 Å². The van der Waals surface area contributed by atoms with Crippen molar-refractivity contribution >= 4 is 11.8 Å². The molecule has 3 rings (SSSR count). The number of amides is 2. The summed E-state index contributed by atoms with van der Waals surface area (Å²) in [4.78, 5) is 28.2. The van der Waals surface area contributed by atoms with Gasteiger partial charge in [-0.05, 0) is 25.8 Å². The molecule has 0 aliphatic carbocycles. The molecule has 3 fully saturated rings. The van der Waals surface area contributed by atoms with Gasteiger partial charge < -0.3 is 10.2 Å². The standard InChI is InChI=1S/C14H23N3O2/c18-13-5-4-11(9-15-13)14(19)17-8-7-16-6-2-1-3-12(16)10-17/h11-12H,1-10H2,(H,15,18). The number of hydrogen-bond donors (Lipinski definition) is 1. The average molecular weight is 265 g/mol. The molecule has 2 unspecified atom stereocenters. The number of carbonyl (C=O) groups is 2. The summed E-state index contributed by atoms with van der Waals surface area (Å²) < 4.78 is 0. The van der Waals surface area contributed by atoms with Gasteiger partial charge in [-0.2, -0.15) is 0 Å². The van der Waals surface area contributed by atoms with E-state index in [1.807, 2.05) is 4.90 Å². The van der Waals surface area contributed by atoms with Crippen molar-refractivity contribution in [3.8, 4) is 0 Å². The smallest absolute Gasteiger partial charge is 0.227 e. The number of hydrogen-bond acceptors (Lipinski definition) is 3. The first-order valence-corrected chi connectivity index (χ1v) is 7.53. The van der Waals surface area contributed by atoms with Crippen molar-refractivity contribution in [1.82, 2.24) is 15.1 Å². The van der Waals surface area contributed by atoms with Crippen LogP contribution in [-0.2, 0) is 9.59 Å². The molecule has 0 aromatic carbocycles. The lowest BCUT2D eigenvalue weighted by molar-refractivity contribution is -0.140. The molecule has 3 aliphatic heterocycles. The normalized spacial score (nSPS) is 32.6. The topological polar surface area (TPSA) is 52.7 Å². The lowest BCUT2D eigenvalue weighted by Crippen LogP contribution is -2.58. The van der Waals surface area contributed by atoms with Crippen LogP contribution in [0.25, 0.3) is 0 Å². The Morgan fingerprint density at radius 1 is 1.16 bits per heavy atom. The maximum atomic E-state index is 12.5. The number of rotatable bonds is 1. The highest BCUT2D eigenvalue weighted by Crippen LogP contribution is 2.23. The number of fused-ring (bicyclic) bond motifs is 1. The summed E-state index contributed by atoms with van der Waals surface area (Å²) in [5, 5.41) is 2.81. The van der Waals surface area contributed by atoms with Crippen molar-refractivity contribution in [3.63, 3.8) is 0 Å². The number of carbonyl (C=O) groups excluding carboxylic acids is 2. The highest BCUT2D eigenvalue weighted by Gasteiger charge is 2.34. The lowest BCUT2D eigenvalue weighted by Gasteiger charge is -2.45. The summed E-state index contributed by atoms with van der Waals surface area (Å²) in [7, 11) is 0. The van der Waals surface area contributed by atoms with Gasteiger partial charge in [0.15, 0.2) is 0 Å². The number of piperidine rings is 2. The highest BCUT2D eigenvalue weighted by molar-refractivity contribution is 5.83. The van der Waals surface area contributed by atoms with Crippen molar-refractivity contribution < 1.29 is 9.59 Å². The van der Waals surface area contributed by atoms with Crippen LogP contribution in [0.2, 0.25) is 0 Å². The van der Waals surface area contributed by atoms with Crippen LogP contribution < -0.4 is 5.32 Å². The van der Waals surface area contributed by atoms with Crippen LogP contribution in [0.4, 0.5) is 0 Å². The molecule has 5 nitrogen and oxygen atoms in total. The van der Waals surface area contributed by atoms with E-state index in [1.54, 1.807) is 0 Å². The second kappa shape index (κ2) is 5.49. The van der Waals surface area contributed by atoms with Crippen molar-refractivity contribution in [2.45, 2.75) is 38.1 Å². The zero-order valence-electron chi connectivity index (χ0n) is 11.4. The van der Waals surface area contributed by atoms with Crippen molar-refractivity contribution in [1.29, 1.82) is 0 Å². The van der Waals surface area contributed by atoms with Crippen LogP contribution in [-0.4, -0.2) is 60.4 Å². The SMILES string of the molecule is O=C1CCC(C(=O)N2CCN3CCCCC3C2)CN1. The summed E-state index contributed by atoms with van der Waals surface area (Å²) in [5.74, 6) is 0.346. The number of nitrogens with one attached hydrogen (secondary N) is 1. The van der Waals surface area contributed by atoms with Gasteiger partial charge in [0.2, 0.25) is 11.8 Å². The first kappa shape index (κ1) is 12.9. The molecule has 0 spiro atoms. The van der Waals surface area contributed by atoms with E-state index in [0.717, 1.165) is 26.1 Å². The van der Waals surface area contributed by atoms with E-state index in [2.05, 4.69) is 10.2 Å². The minimum Gasteiger partial charge on any atom is -0.355 e. The molecule has 2 atom stereocenters. The zero-order chi connectivity index (χ0) is 13.2. The fourth-order valence-corrected chi connectivity index (χ4v) is 3.56. The van der Waals surface area contributed by atoms with Gasteiger partial charge in [-0.25, -0.2) is 0 Å². The Morgan fingerprint density at radius 2 is 2.05 bits per heavy atom. The lowest BCUT2D eigenvalue weighted by atomic mass is 9.95. The number of piperazine rings is 1. The highest BCUT2D eigenvalue weighted by atomic mass is 16.2. The molecule has 3 aliphatic rings. The van der Waals surface area contributed by atoms with Crippen LogP contribution >= 0.6 is 0 Å². The second-order valence-electron chi connectivity index (χ2n) is 6.01. The first-order valence-electron chi connectivity index (χ1n) is 7.53. The third-order valence-corrected chi connectivity index (χ3v) is 4.76. The van der Waals surface area contributed by atoms with E-state index in [0.29, 0.717) is 19.0 Å². The van der Waals surface area contributed by atoms with E-state index in [4.69, 9.17) is 0 Å². The summed E-state index contributed by atoms with van der Waals surface area (Å²) in [6.07, 6.45) is 5.04. The van der Waals surface area contributed by atoms with Gasteiger partial charge in [0.25, 0.3) is 0 Å². The van der Waals surface area contributed by atoms with E-state index >= 15 is 0 Å². The number of nitrogens with zero attached hydrogens (tertiary/aromatic N) is 2. The van der Waals surface area contributed by atoms with Gasteiger partial charge in [-0.1, -0.05) is 6.42 Å². The minimum absolute atomic E-state index is 0.00726. The predicted octanol–water partition coefficient (Wildman–Crippen LogP) is 0.209. The average Bonchev–Trinajstić information content (AvgIpc) is 2.47. The van der Waals surface area contributed by atoms with Gasteiger partial charge in [0.05, 0.1) is 5.92 Å². The maximum Gasteiger partial charge on any atom is 0.227 e. The van der Waals surface area contributed by atoms with Gasteiger partial charge in [0.1, 0.15) is 0 Å². The Kier molecular flexibility index (Phi) is 3.73. The summed E-state index contributed by atoms with van der Waals surface area (Å²) in [5.41, 5.74) is 0. The molecule has 0 saturated carbocycles. The molecule has 3 saturated heterocycles. The van der Waals surface area contributed by atoms with E-state index < -0.39 is 0 Å². The van der Waals surface area contributed by atoms with Gasteiger partial charge in [0, 0.05) is 38.6 Å². The molecule has 19 heavy (non-hydrogen) atoms. The Hall–Kier alpha value is -1.10. The molecular formula is C14H23N3O2. The van der Waals surface area contributed by atoms with E-state index in [1.165, 1.54) is 25.8 Å². The third-order valence-electron chi connectivity index (χ3n) is 4.76. The Bertz CT molecular complexity index is 362. The van der Waals surface area contributed by atoms with Crippen LogP contribution in [0.5, 0.6) is 0 Å². The monoisotopic (exact) mass is 265 g/mol. The summed E-state index contributed by atoms with van der Waals surface area (Å²) >= 11 is 0. The summed E-state index contributed by atoms with van der Waals surface area (Å²) in [6, 6.07) is 0.574. The second-order valence-corrected chi connectivity index (χ2v) is 6.01. The van der Waals surface area contributed by atoms with Crippen molar-refractivity contribution in [2.75, 3.05) is 32.7 Å². The molecular weight excluding hydrogens is 242 g/mol. The quantitative estimate of drug-likeness (QED) is 0.737. The minimum atomic E-state index is 0.00726. The molecule has 5 heteroatoms. The van der Waals surface area contributed by atoms with Crippen LogP contribution in [0.15, 0.2) is 0 Å². The van der Waals surface area contributed by atoms with Crippen LogP contribution in [0.3, 0.4) is 0 Å². The molecule has 1 N–H and O–H groups in total. The van der Waals surface area contributed by atoms with Crippen LogP contribution in [0.1, 0.15) is 32.1 Å². The van der Waals surface area contributed by atoms with E-state index in [-0.39, 0.29) is 17.7 Å².